The number of hydrogen-bond acceptors (Lipinski definition) is 5. The third-order valence-corrected chi connectivity index (χ3v) is 4.11. The van der Waals surface area contributed by atoms with Crippen molar-refractivity contribution in [3.63, 3.8) is 0 Å². The minimum absolute atomic E-state index is 0. The molecule has 0 bridgehead atoms. The molecule has 1 unspecified atom stereocenters. The van der Waals surface area contributed by atoms with Gasteiger partial charge in [-0.1, -0.05) is 19.9 Å². The Labute approximate surface area is 180 Å². The average molecular weight is 491 g/mol. The predicted molar refractivity (Wildman–Crippen MR) is 120 cm³/mol. The van der Waals surface area contributed by atoms with Crippen molar-refractivity contribution >= 4 is 29.9 Å². The summed E-state index contributed by atoms with van der Waals surface area (Å²) >= 11 is 0. The van der Waals surface area contributed by atoms with Gasteiger partial charge in [0.15, 0.2) is 5.96 Å². The van der Waals surface area contributed by atoms with Crippen molar-refractivity contribution in [2.75, 3.05) is 46.4 Å². The number of nitrogens with zero attached hydrogens (tertiary/aromatic N) is 3. The van der Waals surface area contributed by atoms with E-state index in [9.17, 15) is 0 Å². The molecule has 1 aromatic heterocycles. The summed E-state index contributed by atoms with van der Waals surface area (Å²) in [5, 5.41) is 6.68. The number of aliphatic imine (C=N–C) groups is 1. The highest BCUT2D eigenvalue weighted by Crippen LogP contribution is 2.08. The summed E-state index contributed by atoms with van der Waals surface area (Å²) < 4.78 is 11.0. The lowest BCUT2D eigenvalue weighted by Gasteiger charge is -2.34. The van der Waals surface area contributed by atoms with E-state index in [0.717, 1.165) is 50.9 Å². The molecule has 27 heavy (non-hydrogen) atoms. The van der Waals surface area contributed by atoms with Crippen LogP contribution >= 0.6 is 24.0 Å². The molecule has 2 heterocycles. The quantitative estimate of drug-likeness (QED) is 0.330. The zero-order chi connectivity index (χ0) is 18.8. The van der Waals surface area contributed by atoms with Crippen LogP contribution in [-0.4, -0.2) is 68.4 Å². The Morgan fingerprint density at radius 2 is 2.22 bits per heavy atom. The maximum Gasteiger partial charge on any atom is 0.212 e. The van der Waals surface area contributed by atoms with Crippen molar-refractivity contribution in [3.8, 4) is 5.88 Å². The van der Waals surface area contributed by atoms with E-state index in [1.165, 1.54) is 0 Å². The lowest BCUT2D eigenvalue weighted by Crippen LogP contribution is -2.50. The third-order valence-electron chi connectivity index (χ3n) is 4.11. The molecule has 0 aliphatic carbocycles. The maximum atomic E-state index is 5.90. The summed E-state index contributed by atoms with van der Waals surface area (Å²) in [6, 6.07) is 3.83. The van der Waals surface area contributed by atoms with Gasteiger partial charge in [0.2, 0.25) is 5.88 Å². The van der Waals surface area contributed by atoms with Crippen LogP contribution in [0.2, 0.25) is 0 Å². The van der Waals surface area contributed by atoms with Gasteiger partial charge in [0.05, 0.1) is 26.4 Å². The second-order valence-electron chi connectivity index (χ2n) is 6.93. The number of morpholine rings is 1. The molecule has 0 saturated carbocycles. The summed E-state index contributed by atoms with van der Waals surface area (Å²) in [6.07, 6.45) is 1.98. The number of halogens is 1. The molecule has 8 heteroatoms. The van der Waals surface area contributed by atoms with E-state index in [2.05, 4.69) is 46.3 Å². The summed E-state index contributed by atoms with van der Waals surface area (Å²) in [5.74, 6) is 2.09. The van der Waals surface area contributed by atoms with Gasteiger partial charge in [0.25, 0.3) is 0 Å². The first-order chi connectivity index (χ1) is 12.6. The number of pyridine rings is 1. The van der Waals surface area contributed by atoms with Crippen LogP contribution in [0, 0.1) is 5.92 Å². The van der Waals surface area contributed by atoms with Gasteiger partial charge in [0, 0.05) is 45.0 Å². The van der Waals surface area contributed by atoms with Crippen molar-refractivity contribution in [1.82, 2.24) is 20.5 Å². The topological polar surface area (TPSA) is 71.0 Å². The van der Waals surface area contributed by atoms with Crippen LogP contribution in [-0.2, 0) is 11.3 Å². The first kappa shape index (κ1) is 23.9. The fraction of sp³-hybridized carbons (Fsp3) is 0.684. The van der Waals surface area contributed by atoms with Gasteiger partial charge < -0.3 is 20.1 Å². The van der Waals surface area contributed by atoms with Gasteiger partial charge in [-0.15, -0.1) is 24.0 Å². The molecule has 1 saturated heterocycles. The Hall–Kier alpha value is -1.13. The summed E-state index contributed by atoms with van der Waals surface area (Å²) in [6.45, 7) is 12.6. The van der Waals surface area contributed by atoms with E-state index >= 15 is 0 Å². The molecule has 1 aromatic rings. The number of rotatable bonds is 8. The molecular weight excluding hydrogens is 457 g/mol. The molecule has 0 aromatic carbocycles. The standard InChI is InChI=1S/C19H33N5O2.HI/c1-5-20-19(22-11-16-6-7-18(25-4)21-10-16)23-12-17-14-24(8-9-26-17)13-15(2)3;/h6-7,10,15,17H,5,8-9,11-14H2,1-4H3,(H2,20,22,23);1H. The van der Waals surface area contributed by atoms with Crippen LogP contribution in [0.5, 0.6) is 5.88 Å². The zero-order valence-electron chi connectivity index (χ0n) is 16.9. The first-order valence-electron chi connectivity index (χ1n) is 9.45. The van der Waals surface area contributed by atoms with Gasteiger partial charge in [-0.05, 0) is 18.4 Å². The Morgan fingerprint density at radius 3 is 2.85 bits per heavy atom. The predicted octanol–water partition coefficient (Wildman–Crippen LogP) is 2.12. The van der Waals surface area contributed by atoms with E-state index in [-0.39, 0.29) is 30.1 Å². The molecule has 154 valence electrons. The highest BCUT2D eigenvalue weighted by Gasteiger charge is 2.21. The summed E-state index contributed by atoms with van der Waals surface area (Å²) in [4.78, 5) is 11.3. The van der Waals surface area contributed by atoms with Crippen molar-refractivity contribution in [3.05, 3.63) is 23.9 Å². The number of ether oxygens (including phenoxy) is 2. The summed E-state index contributed by atoms with van der Waals surface area (Å²) in [5.41, 5.74) is 1.04. The molecule has 0 spiro atoms. The zero-order valence-corrected chi connectivity index (χ0v) is 19.2. The molecule has 2 rings (SSSR count). The summed E-state index contributed by atoms with van der Waals surface area (Å²) in [7, 11) is 1.61. The molecular formula is C19H34IN5O2. The van der Waals surface area contributed by atoms with Crippen molar-refractivity contribution in [2.24, 2.45) is 10.9 Å². The van der Waals surface area contributed by atoms with Crippen molar-refractivity contribution in [1.29, 1.82) is 0 Å². The highest BCUT2D eigenvalue weighted by atomic mass is 127. The minimum atomic E-state index is 0. The Balaban J connectivity index is 0.00000364. The molecule has 0 amide bonds. The van der Waals surface area contributed by atoms with Gasteiger partial charge in [-0.25, -0.2) is 9.98 Å². The molecule has 1 fully saturated rings. The average Bonchev–Trinajstić information content (AvgIpc) is 2.64. The molecule has 7 nitrogen and oxygen atoms in total. The maximum absolute atomic E-state index is 5.90. The second kappa shape index (κ2) is 13.1. The van der Waals surface area contributed by atoms with Crippen molar-refractivity contribution in [2.45, 2.75) is 33.4 Å². The van der Waals surface area contributed by atoms with Crippen LogP contribution in [0.3, 0.4) is 0 Å². The van der Waals surface area contributed by atoms with Gasteiger partial charge in [0.1, 0.15) is 0 Å². The Bertz CT molecular complexity index is 554. The lowest BCUT2D eigenvalue weighted by atomic mass is 10.2. The molecule has 0 radical (unpaired) electrons. The van der Waals surface area contributed by atoms with E-state index < -0.39 is 0 Å². The van der Waals surface area contributed by atoms with E-state index in [1.54, 1.807) is 13.3 Å². The molecule has 2 N–H and O–H groups in total. The van der Waals surface area contributed by atoms with Gasteiger partial charge in [-0.3, -0.25) is 4.90 Å². The largest absolute Gasteiger partial charge is 0.481 e. The van der Waals surface area contributed by atoms with Crippen LogP contribution in [0.25, 0.3) is 0 Å². The second-order valence-corrected chi connectivity index (χ2v) is 6.93. The number of guanidine groups is 1. The Morgan fingerprint density at radius 1 is 1.41 bits per heavy atom. The lowest BCUT2D eigenvalue weighted by molar-refractivity contribution is -0.0284. The van der Waals surface area contributed by atoms with Crippen LogP contribution in [0.1, 0.15) is 26.3 Å². The third kappa shape index (κ3) is 9.07. The van der Waals surface area contributed by atoms with E-state index in [0.29, 0.717) is 18.3 Å². The fourth-order valence-electron chi connectivity index (χ4n) is 2.93. The number of nitrogens with one attached hydrogen (secondary N) is 2. The monoisotopic (exact) mass is 491 g/mol. The number of aromatic nitrogens is 1. The SMILES string of the molecule is CCNC(=NCc1ccc(OC)nc1)NCC1CN(CC(C)C)CCO1.I. The Kier molecular flexibility index (Phi) is 11.6. The van der Waals surface area contributed by atoms with Gasteiger partial charge >= 0.3 is 0 Å². The smallest absolute Gasteiger partial charge is 0.212 e. The van der Waals surface area contributed by atoms with Crippen LogP contribution < -0.4 is 15.4 Å². The molecule has 1 atom stereocenters. The first-order valence-corrected chi connectivity index (χ1v) is 9.45. The number of methoxy groups -OCH3 is 1. The normalized spacial score (nSPS) is 18.1. The van der Waals surface area contributed by atoms with Crippen LogP contribution in [0.15, 0.2) is 23.3 Å². The molecule has 1 aliphatic heterocycles. The van der Waals surface area contributed by atoms with Gasteiger partial charge in [-0.2, -0.15) is 0 Å². The molecule has 1 aliphatic rings. The van der Waals surface area contributed by atoms with Crippen LogP contribution in [0.4, 0.5) is 0 Å². The minimum Gasteiger partial charge on any atom is -0.481 e. The number of hydrogen-bond donors (Lipinski definition) is 2. The van der Waals surface area contributed by atoms with E-state index in [4.69, 9.17) is 9.47 Å². The van der Waals surface area contributed by atoms with Crippen molar-refractivity contribution < 1.29 is 9.47 Å². The highest BCUT2D eigenvalue weighted by molar-refractivity contribution is 14.0. The van der Waals surface area contributed by atoms with E-state index in [1.807, 2.05) is 12.1 Å². The fourth-order valence-corrected chi connectivity index (χ4v) is 2.93.